The monoisotopic (exact) mass is 288 g/mol. The summed E-state index contributed by atoms with van der Waals surface area (Å²) in [6.07, 6.45) is 2.41. The van der Waals surface area contributed by atoms with Gasteiger partial charge in [0.2, 0.25) is 0 Å². The number of alkyl carbamates (subject to hydrolysis) is 1. The summed E-state index contributed by atoms with van der Waals surface area (Å²) in [5.41, 5.74) is 3.09. The topological polar surface area (TPSA) is 54.1 Å². The fourth-order valence-electron chi connectivity index (χ4n) is 2.35. The van der Waals surface area contributed by atoms with Gasteiger partial charge in [-0.25, -0.2) is 4.79 Å². The molecule has 0 spiro atoms. The highest BCUT2D eigenvalue weighted by Gasteiger charge is 2.18. The van der Waals surface area contributed by atoms with Gasteiger partial charge in [0.05, 0.1) is 0 Å². The molecule has 0 aliphatic rings. The van der Waals surface area contributed by atoms with Gasteiger partial charge in [0, 0.05) is 23.1 Å². The molecule has 0 radical (unpaired) electrons. The normalized spacial score (nSPS) is 13.2. The lowest BCUT2D eigenvalue weighted by atomic mass is 10.0. The van der Waals surface area contributed by atoms with Gasteiger partial charge in [-0.15, -0.1) is 0 Å². The van der Waals surface area contributed by atoms with Crippen molar-refractivity contribution in [2.45, 2.75) is 52.7 Å². The Labute approximate surface area is 125 Å². The highest BCUT2D eigenvalue weighted by Crippen LogP contribution is 2.21. The molecule has 114 valence electrons. The predicted octanol–water partition coefficient (Wildman–Crippen LogP) is 3.93. The van der Waals surface area contributed by atoms with Crippen molar-refractivity contribution in [2.24, 2.45) is 0 Å². The molecule has 1 heterocycles. The number of fused-ring (bicyclic) bond motifs is 1. The molecular weight excluding hydrogens is 264 g/mol. The van der Waals surface area contributed by atoms with Crippen molar-refractivity contribution in [3.63, 3.8) is 0 Å². The number of rotatable bonds is 3. The summed E-state index contributed by atoms with van der Waals surface area (Å²) >= 11 is 0. The fraction of sp³-hybridized carbons (Fsp3) is 0.471. The molecule has 4 nitrogen and oxygen atoms in total. The van der Waals surface area contributed by atoms with Gasteiger partial charge >= 0.3 is 6.09 Å². The molecule has 1 atom stereocenters. The molecule has 0 bridgehead atoms. The van der Waals surface area contributed by atoms with Gasteiger partial charge in [-0.3, -0.25) is 0 Å². The first-order valence-corrected chi connectivity index (χ1v) is 7.31. The van der Waals surface area contributed by atoms with E-state index in [2.05, 4.69) is 35.4 Å². The molecule has 0 saturated carbocycles. The minimum absolute atomic E-state index is 0.0133. The lowest BCUT2D eigenvalue weighted by molar-refractivity contribution is 0.0508. The van der Waals surface area contributed by atoms with Crippen LogP contribution in [0.15, 0.2) is 24.4 Å². The Morgan fingerprint density at radius 1 is 1.38 bits per heavy atom. The summed E-state index contributed by atoms with van der Waals surface area (Å²) in [5, 5.41) is 4.09. The molecule has 1 aromatic heterocycles. The van der Waals surface area contributed by atoms with Crippen molar-refractivity contribution >= 4 is 17.0 Å². The maximum absolute atomic E-state index is 11.8. The lowest BCUT2D eigenvalue weighted by Gasteiger charge is -2.21. The lowest BCUT2D eigenvalue weighted by Crippen LogP contribution is -2.38. The van der Waals surface area contributed by atoms with Crippen LogP contribution in [0, 0.1) is 6.92 Å². The number of aryl methyl sites for hydroxylation is 1. The van der Waals surface area contributed by atoms with Crippen LogP contribution in [0.1, 0.15) is 38.8 Å². The summed E-state index contributed by atoms with van der Waals surface area (Å²) in [6.45, 7) is 9.65. The number of hydrogen-bond donors (Lipinski definition) is 2. The third kappa shape index (κ3) is 4.25. The molecule has 0 unspecified atom stereocenters. The summed E-state index contributed by atoms with van der Waals surface area (Å²) in [6, 6.07) is 6.35. The van der Waals surface area contributed by atoms with Gasteiger partial charge in [0.1, 0.15) is 5.60 Å². The minimum Gasteiger partial charge on any atom is -0.444 e. The van der Waals surface area contributed by atoms with Crippen LogP contribution >= 0.6 is 0 Å². The SMILES string of the molecule is Cc1ccc2[nH]cc(C[C@@H](C)NC(=O)OC(C)(C)C)c2c1. The third-order valence-corrected chi connectivity index (χ3v) is 3.21. The largest absolute Gasteiger partial charge is 0.444 e. The van der Waals surface area contributed by atoms with Gasteiger partial charge < -0.3 is 15.0 Å². The molecule has 2 rings (SSSR count). The molecule has 2 aromatic rings. The van der Waals surface area contributed by atoms with Gasteiger partial charge in [0.15, 0.2) is 0 Å². The maximum Gasteiger partial charge on any atom is 0.407 e. The van der Waals surface area contributed by atoms with E-state index in [1.807, 2.05) is 33.9 Å². The zero-order chi connectivity index (χ0) is 15.6. The van der Waals surface area contributed by atoms with Crippen molar-refractivity contribution in [2.75, 3.05) is 0 Å². The van der Waals surface area contributed by atoms with E-state index in [4.69, 9.17) is 4.74 Å². The van der Waals surface area contributed by atoms with Crippen molar-refractivity contribution in [1.29, 1.82) is 0 Å². The van der Waals surface area contributed by atoms with Crippen molar-refractivity contribution in [3.05, 3.63) is 35.5 Å². The zero-order valence-corrected chi connectivity index (χ0v) is 13.4. The van der Waals surface area contributed by atoms with Crippen LogP contribution in [-0.2, 0) is 11.2 Å². The molecular formula is C17H24N2O2. The number of nitrogens with one attached hydrogen (secondary N) is 2. The molecule has 1 aromatic carbocycles. The summed E-state index contributed by atoms with van der Waals surface area (Å²) in [5.74, 6) is 0. The number of carbonyl (C=O) groups is 1. The van der Waals surface area contributed by atoms with Crippen LogP contribution in [-0.4, -0.2) is 22.7 Å². The first-order valence-electron chi connectivity index (χ1n) is 7.31. The van der Waals surface area contributed by atoms with Crippen molar-refractivity contribution in [1.82, 2.24) is 10.3 Å². The molecule has 2 N–H and O–H groups in total. The van der Waals surface area contributed by atoms with Gasteiger partial charge in [0.25, 0.3) is 0 Å². The maximum atomic E-state index is 11.8. The molecule has 0 aliphatic heterocycles. The zero-order valence-electron chi connectivity index (χ0n) is 13.4. The quantitative estimate of drug-likeness (QED) is 0.899. The Hall–Kier alpha value is -1.97. The molecule has 4 heteroatoms. The number of amides is 1. The van der Waals surface area contributed by atoms with Crippen LogP contribution in [0.25, 0.3) is 10.9 Å². The molecule has 0 aliphatic carbocycles. The van der Waals surface area contributed by atoms with E-state index in [-0.39, 0.29) is 12.1 Å². The Bertz CT molecular complexity index is 638. The molecule has 0 fully saturated rings. The Kier molecular flexibility index (Phi) is 4.26. The van der Waals surface area contributed by atoms with E-state index in [9.17, 15) is 4.79 Å². The van der Waals surface area contributed by atoms with Crippen LogP contribution in [0.2, 0.25) is 0 Å². The Morgan fingerprint density at radius 2 is 2.10 bits per heavy atom. The molecule has 0 saturated heterocycles. The van der Waals surface area contributed by atoms with Gasteiger partial charge in [-0.05, 0) is 58.7 Å². The fourth-order valence-corrected chi connectivity index (χ4v) is 2.35. The minimum atomic E-state index is -0.471. The average Bonchev–Trinajstić information content (AvgIpc) is 2.69. The summed E-state index contributed by atoms with van der Waals surface area (Å²) < 4.78 is 5.28. The van der Waals surface area contributed by atoms with E-state index in [0.717, 1.165) is 11.9 Å². The van der Waals surface area contributed by atoms with Crippen molar-refractivity contribution in [3.8, 4) is 0 Å². The molecule has 21 heavy (non-hydrogen) atoms. The summed E-state index contributed by atoms with van der Waals surface area (Å²) in [7, 11) is 0. The predicted molar refractivity (Wildman–Crippen MR) is 85.6 cm³/mol. The van der Waals surface area contributed by atoms with Crippen LogP contribution in [0.3, 0.4) is 0 Å². The highest BCUT2D eigenvalue weighted by atomic mass is 16.6. The number of benzene rings is 1. The van der Waals surface area contributed by atoms with E-state index < -0.39 is 5.60 Å². The van der Waals surface area contributed by atoms with E-state index in [1.165, 1.54) is 16.5 Å². The molecule has 1 amide bonds. The third-order valence-electron chi connectivity index (χ3n) is 3.21. The number of aromatic nitrogens is 1. The Morgan fingerprint density at radius 3 is 2.76 bits per heavy atom. The first kappa shape index (κ1) is 15.4. The second-order valence-electron chi connectivity index (χ2n) is 6.61. The van der Waals surface area contributed by atoms with Crippen LogP contribution in [0.5, 0.6) is 0 Å². The Balaban J connectivity index is 2.03. The van der Waals surface area contributed by atoms with E-state index >= 15 is 0 Å². The smallest absolute Gasteiger partial charge is 0.407 e. The highest BCUT2D eigenvalue weighted by molar-refractivity contribution is 5.84. The number of hydrogen-bond acceptors (Lipinski definition) is 2. The second kappa shape index (κ2) is 5.80. The number of aromatic amines is 1. The first-order chi connectivity index (χ1) is 9.74. The number of H-pyrrole nitrogens is 1. The van der Waals surface area contributed by atoms with Gasteiger partial charge in [-0.1, -0.05) is 11.6 Å². The van der Waals surface area contributed by atoms with Gasteiger partial charge in [-0.2, -0.15) is 0 Å². The number of carbonyl (C=O) groups excluding carboxylic acids is 1. The van der Waals surface area contributed by atoms with E-state index in [1.54, 1.807) is 0 Å². The second-order valence-corrected chi connectivity index (χ2v) is 6.61. The summed E-state index contributed by atoms with van der Waals surface area (Å²) in [4.78, 5) is 15.0. The van der Waals surface area contributed by atoms with Crippen LogP contribution < -0.4 is 5.32 Å². The standard InChI is InChI=1S/C17H24N2O2/c1-11-6-7-15-14(8-11)13(10-18-15)9-12(2)19-16(20)21-17(3,4)5/h6-8,10,12,18H,9H2,1-5H3,(H,19,20)/t12-/m1/s1. The van der Waals surface area contributed by atoms with Crippen molar-refractivity contribution < 1.29 is 9.53 Å². The average molecular weight is 288 g/mol. The van der Waals surface area contributed by atoms with E-state index in [0.29, 0.717) is 0 Å². The number of ether oxygens (including phenoxy) is 1. The van der Waals surface area contributed by atoms with Crippen LogP contribution in [0.4, 0.5) is 4.79 Å².